The number of rotatable bonds is 4. The summed E-state index contributed by atoms with van der Waals surface area (Å²) in [5.41, 5.74) is 0.922. The molecule has 1 fully saturated rings. The van der Waals surface area contributed by atoms with Gasteiger partial charge in [-0.2, -0.15) is 4.98 Å². The fourth-order valence-corrected chi connectivity index (χ4v) is 2.57. The standard InChI is InChI=1S/C15H16Cl2N4O/c16-12-2-1-11(9-13(12)17)10-22-15-19-4-3-14(20-15)21-7-5-18-6-8-21/h1-4,9,18H,5-8,10H2. The summed E-state index contributed by atoms with van der Waals surface area (Å²) in [5, 5.41) is 4.36. The number of piperazine rings is 1. The summed E-state index contributed by atoms with van der Waals surface area (Å²) in [5.74, 6) is 0.889. The Kier molecular flexibility index (Phi) is 4.97. The highest BCUT2D eigenvalue weighted by molar-refractivity contribution is 6.42. The van der Waals surface area contributed by atoms with Crippen LogP contribution in [0.2, 0.25) is 10.0 Å². The molecule has 0 spiro atoms. The molecule has 0 radical (unpaired) electrons. The summed E-state index contributed by atoms with van der Waals surface area (Å²) in [4.78, 5) is 10.8. The Morgan fingerprint density at radius 3 is 2.73 bits per heavy atom. The summed E-state index contributed by atoms with van der Waals surface area (Å²) in [6, 6.07) is 7.66. The van der Waals surface area contributed by atoms with Gasteiger partial charge in [-0.3, -0.25) is 0 Å². The molecule has 1 aromatic heterocycles. The van der Waals surface area contributed by atoms with Crippen LogP contribution >= 0.6 is 23.2 Å². The van der Waals surface area contributed by atoms with E-state index in [9.17, 15) is 0 Å². The van der Waals surface area contributed by atoms with E-state index in [1.165, 1.54) is 0 Å². The average molecular weight is 339 g/mol. The van der Waals surface area contributed by atoms with Crippen LogP contribution in [0.25, 0.3) is 0 Å². The summed E-state index contributed by atoms with van der Waals surface area (Å²) in [6.07, 6.45) is 1.72. The highest BCUT2D eigenvalue weighted by Crippen LogP contribution is 2.23. The number of nitrogens with one attached hydrogen (secondary N) is 1. The number of anilines is 1. The molecule has 1 saturated heterocycles. The molecule has 1 aromatic carbocycles. The van der Waals surface area contributed by atoms with Crippen molar-refractivity contribution in [1.29, 1.82) is 0 Å². The molecule has 0 amide bonds. The van der Waals surface area contributed by atoms with E-state index in [0.29, 0.717) is 22.7 Å². The minimum atomic E-state index is 0.349. The van der Waals surface area contributed by atoms with Crippen molar-refractivity contribution in [3.8, 4) is 6.01 Å². The lowest BCUT2D eigenvalue weighted by atomic mass is 10.2. The number of hydrogen-bond acceptors (Lipinski definition) is 5. The molecule has 0 aliphatic carbocycles. The Bertz CT molecular complexity index is 647. The maximum absolute atomic E-state index is 5.99. The molecule has 1 aliphatic rings. The second-order valence-corrected chi connectivity index (χ2v) is 5.79. The minimum Gasteiger partial charge on any atom is -0.459 e. The summed E-state index contributed by atoms with van der Waals surface area (Å²) in [6.45, 7) is 4.14. The zero-order valence-electron chi connectivity index (χ0n) is 11.9. The average Bonchev–Trinajstić information content (AvgIpc) is 2.57. The quantitative estimate of drug-likeness (QED) is 0.928. The van der Waals surface area contributed by atoms with Crippen LogP contribution < -0.4 is 15.0 Å². The molecule has 22 heavy (non-hydrogen) atoms. The van der Waals surface area contributed by atoms with Gasteiger partial charge in [0.1, 0.15) is 12.4 Å². The van der Waals surface area contributed by atoms with Crippen molar-refractivity contribution < 1.29 is 4.74 Å². The number of nitrogens with zero attached hydrogens (tertiary/aromatic N) is 3. The number of halogens is 2. The topological polar surface area (TPSA) is 50.3 Å². The number of benzene rings is 1. The van der Waals surface area contributed by atoms with E-state index in [0.717, 1.165) is 37.6 Å². The van der Waals surface area contributed by atoms with E-state index in [-0.39, 0.29) is 0 Å². The van der Waals surface area contributed by atoms with E-state index < -0.39 is 0 Å². The van der Waals surface area contributed by atoms with Crippen LogP contribution in [0, 0.1) is 0 Å². The van der Waals surface area contributed by atoms with E-state index in [2.05, 4.69) is 20.2 Å². The van der Waals surface area contributed by atoms with Crippen LogP contribution in [0.4, 0.5) is 5.82 Å². The van der Waals surface area contributed by atoms with Crippen LogP contribution in [-0.2, 0) is 6.61 Å². The third-order valence-corrected chi connectivity index (χ3v) is 4.15. The zero-order chi connectivity index (χ0) is 15.4. The van der Waals surface area contributed by atoms with Gasteiger partial charge in [-0.05, 0) is 23.8 Å². The first-order valence-electron chi connectivity index (χ1n) is 7.08. The molecule has 0 unspecified atom stereocenters. The fraction of sp³-hybridized carbons (Fsp3) is 0.333. The van der Waals surface area contributed by atoms with Gasteiger partial charge in [0.25, 0.3) is 0 Å². The van der Waals surface area contributed by atoms with Crippen LogP contribution in [0.5, 0.6) is 6.01 Å². The molecule has 2 aromatic rings. The second-order valence-electron chi connectivity index (χ2n) is 4.97. The van der Waals surface area contributed by atoms with E-state index >= 15 is 0 Å². The van der Waals surface area contributed by atoms with Crippen LogP contribution in [0.15, 0.2) is 30.5 Å². The van der Waals surface area contributed by atoms with Gasteiger partial charge < -0.3 is 15.0 Å². The minimum absolute atomic E-state index is 0.349. The number of ether oxygens (including phenoxy) is 1. The molecule has 7 heteroatoms. The lowest BCUT2D eigenvalue weighted by Crippen LogP contribution is -2.43. The fourth-order valence-electron chi connectivity index (χ4n) is 2.25. The third kappa shape index (κ3) is 3.80. The van der Waals surface area contributed by atoms with Gasteiger partial charge in [-0.25, -0.2) is 4.98 Å². The van der Waals surface area contributed by atoms with Crippen molar-refractivity contribution in [2.45, 2.75) is 6.61 Å². The summed E-state index contributed by atoms with van der Waals surface area (Å²) < 4.78 is 5.65. The lowest BCUT2D eigenvalue weighted by molar-refractivity contribution is 0.280. The normalized spacial score (nSPS) is 14.9. The van der Waals surface area contributed by atoms with Crippen molar-refractivity contribution in [2.75, 3.05) is 31.1 Å². The van der Waals surface area contributed by atoms with Crippen molar-refractivity contribution in [2.24, 2.45) is 0 Å². The van der Waals surface area contributed by atoms with Crippen molar-refractivity contribution in [3.05, 3.63) is 46.1 Å². The van der Waals surface area contributed by atoms with E-state index in [1.807, 2.05) is 12.1 Å². The molecule has 2 heterocycles. The van der Waals surface area contributed by atoms with Crippen molar-refractivity contribution in [1.82, 2.24) is 15.3 Å². The molecule has 0 atom stereocenters. The predicted molar refractivity (Wildman–Crippen MR) is 87.9 cm³/mol. The zero-order valence-corrected chi connectivity index (χ0v) is 13.4. The highest BCUT2D eigenvalue weighted by Gasteiger charge is 2.12. The summed E-state index contributed by atoms with van der Waals surface area (Å²) in [7, 11) is 0. The maximum Gasteiger partial charge on any atom is 0.318 e. The summed E-state index contributed by atoms with van der Waals surface area (Å²) >= 11 is 11.9. The predicted octanol–water partition coefficient (Wildman–Crippen LogP) is 2.77. The van der Waals surface area contributed by atoms with Crippen LogP contribution in [-0.4, -0.2) is 36.1 Å². The van der Waals surface area contributed by atoms with E-state index in [4.69, 9.17) is 27.9 Å². The molecular formula is C15H16Cl2N4O. The molecule has 1 aliphatic heterocycles. The first kappa shape index (κ1) is 15.3. The Hall–Kier alpha value is -1.56. The molecule has 116 valence electrons. The molecule has 1 N–H and O–H groups in total. The van der Waals surface area contributed by atoms with Gasteiger partial charge in [0.05, 0.1) is 10.0 Å². The van der Waals surface area contributed by atoms with Gasteiger partial charge in [0.2, 0.25) is 0 Å². The van der Waals surface area contributed by atoms with Gasteiger partial charge in [-0.15, -0.1) is 0 Å². The van der Waals surface area contributed by atoms with Crippen LogP contribution in [0.1, 0.15) is 5.56 Å². The monoisotopic (exact) mass is 338 g/mol. The Morgan fingerprint density at radius 1 is 1.14 bits per heavy atom. The third-order valence-electron chi connectivity index (χ3n) is 3.41. The molecule has 5 nitrogen and oxygen atoms in total. The van der Waals surface area contributed by atoms with Crippen molar-refractivity contribution in [3.63, 3.8) is 0 Å². The van der Waals surface area contributed by atoms with Gasteiger partial charge in [-0.1, -0.05) is 29.3 Å². The van der Waals surface area contributed by atoms with Gasteiger partial charge in [0.15, 0.2) is 0 Å². The van der Waals surface area contributed by atoms with Gasteiger partial charge in [0, 0.05) is 32.4 Å². The smallest absolute Gasteiger partial charge is 0.318 e. The number of hydrogen-bond donors (Lipinski definition) is 1. The first-order valence-corrected chi connectivity index (χ1v) is 7.83. The first-order chi connectivity index (χ1) is 10.7. The van der Waals surface area contributed by atoms with Crippen LogP contribution in [0.3, 0.4) is 0 Å². The Balaban J connectivity index is 1.66. The lowest BCUT2D eigenvalue weighted by Gasteiger charge is -2.28. The maximum atomic E-state index is 5.99. The number of aromatic nitrogens is 2. The Morgan fingerprint density at radius 2 is 1.95 bits per heavy atom. The largest absolute Gasteiger partial charge is 0.459 e. The Labute approximate surface area is 139 Å². The van der Waals surface area contributed by atoms with Crippen molar-refractivity contribution >= 4 is 29.0 Å². The molecular weight excluding hydrogens is 323 g/mol. The second kappa shape index (κ2) is 7.13. The SMILES string of the molecule is Clc1ccc(COc2nccc(N3CCNCC3)n2)cc1Cl. The highest BCUT2D eigenvalue weighted by atomic mass is 35.5. The molecule has 3 rings (SSSR count). The molecule has 0 saturated carbocycles. The molecule has 0 bridgehead atoms. The van der Waals surface area contributed by atoms with E-state index in [1.54, 1.807) is 18.3 Å². The van der Waals surface area contributed by atoms with Gasteiger partial charge >= 0.3 is 6.01 Å².